The van der Waals surface area contributed by atoms with Crippen molar-refractivity contribution in [2.75, 3.05) is 20.8 Å². The fourth-order valence-electron chi connectivity index (χ4n) is 3.03. The Morgan fingerprint density at radius 1 is 1.06 bits per heavy atom. The summed E-state index contributed by atoms with van der Waals surface area (Å²) in [7, 11) is -1.13. The molecule has 0 radical (unpaired) electrons. The summed E-state index contributed by atoms with van der Waals surface area (Å²) < 4.78 is 52.4. The molecule has 170 valence electrons. The Labute approximate surface area is 183 Å². The Bertz CT molecular complexity index is 978. The minimum atomic E-state index is -4.04. The van der Waals surface area contributed by atoms with E-state index in [1.54, 1.807) is 18.2 Å². The highest BCUT2D eigenvalue weighted by molar-refractivity contribution is 7.89. The molecule has 0 bridgehead atoms. The summed E-state index contributed by atoms with van der Waals surface area (Å²) in [6, 6.07) is 8.56. The Kier molecular flexibility index (Phi) is 8.82. The first-order valence-corrected chi connectivity index (χ1v) is 11.4. The maximum atomic E-state index is 13.2. The molecule has 2 aromatic rings. The summed E-state index contributed by atoms with van der Waals surface area (Å²) in [5.74, 6) is 0.302. The van der Waals surface area contributed by atoms with Gasteiger partial charge in [0.15, 0.2) is 11.5 Å². The van der Waals surface area contributed by atoms with Gasteiger partial charge in [0.05, 0.1) is 25.2 Å². The fourth-order valence-corrected chi connectivity index (χ4v) is 4.24. The van der Waals surface area contributed by atoms with Crippen LogP contribution in [0.4, 0.5) is 4.39 Å². The molecule has 0 saturated heterocycles. The number of methoxy groups -OCH3 is 2. The molecule has 1 atom stereocenters. The maximum Gasteiger partial charge on any atom is 0.241 e. The van der Waals surface area contributed by atoms with Crippen molar-refractivity contribution in [2.45, 2.75) is 37.6 Å². The summed E-state index contributed by atoms with van der Waals surface area (Å²) in [5.41, 5.74) is 0.451. The van der Waals surface area contributed by atoms with Crippen molar-refractivity contribution in [1.29, 1.82) is 0 Å². The summed E-state index contributed by atoms with van der Waals surface area (Å²) in [6.07, 6.45) is 0.655. The highest BCUT2D eigenvalue weighted by atomic mass is 32.2. The molecular formula is C22H29FN2O5S. The van der Waals surface area contributed by atoms with E-state index in [1.165, 1.54) is 26.4 Å². The number of nitrogens with one attached hydrogen (secondary N) is 2. The standard InChI is InChI=1S/C22H29FN2O5S/c1-15(2)12-13-24-21(26)14-19(18-6-5-7-20(29-3)22(18)30-4)25-31(27,28)17-10-8-16(23)9-11-17/h5-11,15,19,25H,12-14H2,1-4H3,(H,24,26)/t19-/m1/s1. The van der Waals surface area contributed by atoms with Crippen LogP contribution in [-0.4, -0.2) is 35.1 Å². The lowest BCUT2D eigenvalue weighted by molar-refractivity contribution is -0.121. The lowest BCUT2D eigenvalue weighted by atomic mass is 10.0. The minimum absolute atomic E-state index is 0.110. The highest BCUT2D eigenvalue weighted by Crippen LogP contribution is 2.36. The Morgan fingerprint density at radius 2 is 1.74 bits per heavy atom. The number of hydrogen-bond donors (Lipinski definition) is 2. The van der Waals surface area contributed by atoms with Crippen LogP contribution in [-0.2, 0) is 14.8 Å². The minimum Gasteiger partial charge on any atom is -0.493 e. The van der Waals surface area contributed by atoms with Gasteiger partial charge in [-0.1, -0.05) is 26.0 Å². The van der Waals surface area contributed by atoms with Crippen LogP contribution < -0.4 is 19.5 Å². The molecule has 1 amide bonds. The Balaban J connectivity index is 2.36. The number of halogens is 1. The van der Waals surface area contributed by atoms with Gasteiger partial charge in [0.1, 0.15) is 5.82 Å². The van der Waals surface area contributed by atoms with Crippen molar-refractivity contribution >= 4 is 15.9 Å². The molecule has 2 rings (SSSR count). The summed E-state index contributed by atoms with van der Waals surface area (Å²) in [5, 5.41) is 2.82. The molecule has 2 N–H and O–H groups in total. The average Bonchev–Trinajstić information content (AvgIpc) is 2.72. The largest absolute Gasteiger partial charge is 0.493 e. The van der Waals surface area contributed by atoms with E-state index in [0.29, 0.717) is 29.5 Å². The van der Waals surface area contributed by atoms with Gasteiger partial charge in [-0.25, -0.2) is 17.5 Å². The highest BCUT2D eigenvalue weighted by Gasteiger charge is 2.27. The molecule has 0 aliphatic rings. The summed E-state index contributed by atoms with van der Waals surface area (Å²) >= 11 is 0. The van der Waals surface area contributed by atoms with Crippen LogP contribution in [0.3, 0.4) is 0 Å². The fraction of sp³-hybridized carbons (Fsp3) is 0.409. The molecule has 31 heavy (non-hydrogen) atoms. The molecule has 0 unspecified atom stereocenters. The van der Waals surface area contributed by atoms with Crippen LogP contribution in [0.1, 0.15) is 38.3 Å². The molecule has 0 aromatic heterocycles. The van der Waals surface area contributed by atoms with Crippen molar-refractivity contribution in [3.05, 3.63) is 53.8 Å². The van der Waals surface area contributed by atoms with E-state index >= 15 is 0 Å². The number of amides is 1. The monoisotopic (exact) mass is 452 g/mol. The molecule has 9 heteroatoms. The van der Waals surface area contributed by atoms with Crippen LogP contribution >= 0.6 is 0 Å². The van der Waals surface area contributed by atoms with Crippen LogP contribution in [0.5, 0.6) is 11.5 Å². The number of carbonyl (C=O) groups is 1. The zero-order valence-corrected chi connectivity index (χ0v) is 19.0. The van der Waals surface area contributed by atoms with Gasteiger partial charge in [0.25, 0.3) is 0 Å². The quantitative estimate of drug-likeness (QED) is 0.545. The normalized spacial score (nSPS) is 12.5. The zero-order valence-electron chi connectivity index (χ0n) is 18.1. The lowest BCUT2D eigenvalue weighted by Crippen LogP contribution is -2.34. The van der Waals surface area contributed by atoms with Crippen molar-refractivity contribution in [1.82, 2.24) is 10.0 Å². The van der Waals surface area contributed by atoms with Gasteiger partial charge in [-0.3, -0.25) is 4.79 Å². The first kappa shape index (κ1) is 24.6. The average molecular weight is 453 g/mol. The summed E-state index contributed by atoms with van der Waals surface area (Å²) in [6.45, 7) is 4.59. The van der Waals surface area contributed by atoms with E-state index in [0.717, 1.165) is 18.6 Å². The number of hydrogen-bond acceptors (Lipinski definition) is 5. The molecule has 0 aliphatic carbocycles. The number of carbonyl (C=O) groups excluding carboxylic acids is 1. The van der Waals surface area contributed by atoms with Gasteiger partial charge < -0.3 is 14.8 Å². The third-order valence-electron chi connectivity index (χ3n) is 4.66. The second-order valence-corrected chi connectivity index (χ2v) is 9.16. The number of rotatable bonds is 11. The predicted molar refractivity (Wildman–Crippen MR) is 116 cm³/mol. The molecule has 2 aromatic carbocycles. The number of sulfonamides is 1. The third kappa shape index (κ3) is 6.93. The molecular weight excluding hydrogens is 423 g/mol. The maximum absolute atomic E-state index is 13.2. The second-order valence-electron chi connectivity index (χ2n) is 7.45. The molecule has 0 heterocycles. The van der Waals surface area contributed by atoms with E-state index in [1.807, 2.05) is 13.8 Å². The SMILES string of the molecule is COc1cccc([C@@H](CC(=O)NCCC(C)C)NS(=O)(=O)c2ccc(F)cc2)c1OC. The molecule has 7 nitrogen and oxygen atoms in total. The lowest BCUT2D eigenvalue weighted by Gasteiger charge is -2.22. The predicted octanol–water partition coefficient (Wildman–Crippen LogP) is 3.41. The Hall–Kier alpha value is -2.65. The van der Waals surface area contributed by atoms with Crippen LogP contribution in [0.15, 0.2) is 47.4 Å². The van der Waals surface area contributed by atoms with Crippen LogP contribution in [0.25, 0.3) is 0 Å². The van der Waals surface area contributed by atoms with Crippen molar-refractivity contribution in [2.24, 2.45) is 5.92 Å². The Morgan fingerprint density at radius 3 is 2.32 bits per heavy atom. The molecule has 0 saturated carbocycles. The number of para-hydroxylation sites is 1. The van der Waals surface area contributed by atoms with Gasteiger partial charge in [0.2, 0.25) is 15.9 Å². The molecule has 0 aliphatic heterocycles. The molecule has 0 spiro atoms. The van der Waals surface area contributed by atoms with Gasteiger partial charge in [0, 0.05) is 18.5 Å². The van der Waals surface area contributed by atoms with E-state index < -0.39 is 21.9 Å². The smallest absolute Gasteiger partial charge is 0.241 e. The van der Waals surface area contributed by atoms with Gasteiger partial charge in [-0.15, -0.1) is 0 Å². The van der Waals surface area contributed by atoms with Gasteiger partial charge >= 0.3 is 0 Å². The number of benzene rings is 2. The van der Waals surface area contributed by atoms with Crippen molar-refractivity contribution in [3.63, 3.8) is 0 Å². The van der Waals surface area contributed by atoms with E-state index in [9.17, 15) is 17.6 Å². The topological polar surface area (TPSA) is 93.7 Å². The van der Waals surface area contributed by atoms with Gasteiger partial charge in [-0.2, -0.15) is 0 Å². The van der Waals surface area contributed by atoms with Crippen LogP contribution in [0.2, 0.25) is 0 Å². The zero-order chi connectivity index (χ0) is 23.0. The van der Waals surface area contributed by atoms with E-state index in [4.69, 9.17) is 9.47 Å². The van der Waals surface area contributed by atoms with Gasteiger partial charge in [-0.05, 0) is 42.7 Å². The van der Waals surface area contributed by atoms with E-state index in [-0.39, 0.29) is 17.2 Å². The first-order valence-electron chi connectivity index (χ1n) is 9.93. The summed E-state index contributed by atoms with van der Waals surface area (Å²) in [4.78, 5) is 12.5. The third-order valence-corrected chi connectivity index (χ3v) is 6.15. The second kappa shape index (κ2) is 11.1. The molecule has 0 fully saturated rings. The number of ether oxygens (including phenoxy) is 2. The van der Waals surface area contributed by atoms with Crippen molar-refractivity contribution in [3.8, 4) is 11.5 Å². The van der Waals surface area contributed by atoms with E-state index in [2.05, 4.69) is 10.0 Å². The first-order chi connectivity index (χ1) is 14.7. The van der Waals surface area contributed by atoms with Crippen molar-refractivity contribution < 1.29 is 27.1 Å². The van der Waals surface area contributed by atoms with Crippen LogP contribution in [0, 0.1) is 11.7 Å².